The second-order valence-corrected chi connectivity index (χ2v) is 6.26. The lowest BCUT2D eigenvalue weighted by molar-refractivity contribution is 0.0694. The molecule has 1 heterocycles. The van der Waals surface area contributed by atoms with Crippen LogP contribution in [0.5, 0.6) is 0 Å². The number of amides is 1. The van der Waals surface area contributed by atoms with Gasteiger partial charge in [-0.05, 0) is 30.2 Å². The number of aromatic carboxylic acids is 1. The molecule has 0 radical (unpaired) electrons. The van der Waals surface area contributed by atoms with E-state index in [4.69, 9.17) is 9.52 Å². The third kappa shape index (κ3) is 3.35. The molecular weight excluding hydrogens is 306 g/mol. The molecule has 5 nitrogen and oxygen atoms in total. The Bertz CT molecular complexity index is 729. The summed E-state index contributed by atoms with van der Waals surface area (Å²) in [5.41, 5.74) is 1.42. The highest BCUT2D eigenvalue weighted by atomic mass is 16.4. The number of hydrogen-bond donors (Lipinski definition) is 2. The van der Waals surface area contributed by atoms with Crippen LogP contribution in [0, 0.1) is 5.92 Å². The lowest BCUT2D eigenvalue weighted by Gasteiger charge is -2.35. The number of benzene rings is 1. The zero-order valence-corrected chi connectivity index (χ0v) is 13.6. The van der Waals surface area contributed by atoms with Crippen molar-refractivity contribution in [1.82, 2.24) is 5.32 Å². The van der Waals surface area contributed by atoms with Crippen molar-refractivity contribution in [2.45, 2.75) is 32.1 Å². The molecule has 0 spiro atoms. The largest absolute Gasteiger partial charge is 0.478 e. The predicted octanol–water partition coefficient (Wildman–Crippen LogP) is 3.46. The van der Waals surface area contributed by atoms with Crippen molar-refractivity contribution in [2.75, 3.05) is 6.54 Å². The standard InChI is InChI=1S/C19H21NO4/c1-2-16-15(19(22)23)10-17(24-16)18(21)20-11-12-8-14(9-12)13-6-4-3-5-7-13/h3-7,10,12,14H,2,8-9,11H2,1H3,(H,20,21)(H,22,23). The molecule has 1 amide bonds. The van der Waals surface area contributed by atoms with Crippen molar-refractivity contribution in [3.8, 4) is 0 Å². The van der Waals surface area contributed by atoms with E-state index in [0.29, 0.717) is 30.6 Å². The van der Waals surface area contributed by atoms with E-state index < -0.39 is 5.97 Å². The topological polar surface area (TPSA) is 79.5 Å². The van der Waals surface area contributed by atoms with Gasteiger partial charge in [-0.15, -0.1) is 0 Å². The van der Waals surface area contributed by atoms with Gasteiger partial charge in [-0.1, -0.05) is 37.3 Å². The van der Waals surface area contributed by atoms with Crippen LogP contribution in [-0.2, 0) is 6.42 Å². The predicted molar refractivity (Wildman–Crippen MR) is 89.3 cm³/mol. The molecule has 0 unspecified atom stereocenters. The van der Waals surface area contributed by atoms with E-state index in [2.05, 4.69) is 17.4 Å². The maximum atomic E-state index is 12.1. The van der Waals surface area contributed by atoms with Gasteiger partial charge >= 0.3 is 5.97 Å². The lowest BCUT2D eigenvalue weighted by Crippen LogP contribution is -2.35. The first-order valence-corrected chi connectivity index (χ1v) is 8.27. The van der Waals surface area contributed by atoms with Crippen molar-refractivity contribution in [1.29, 1.82) is 0 Å². The number of rotatable bonds is 6. The summed E-state index contributed by atoms with van der Waals surface area (Å²) in [4.78, 5) is 23.3. The van der Waals surface area contributed by atoms with E-state index in [1.54, 1.807) is 6.92 Å². The van der Waals surface area contributed by atoms with Crippen molar-refractivity contribution >= 4 is 11.9 Å². The van der Waals surface area contributed by atoms with Crippen LogP contribution in [0.3, 0.4) is 0 Å². The van der Waals surface area contributed by atoms with Gasteiger partial charge in [0.2, 0.25) is 0 Å². The summed E-state index contributed by atoms with van der Waals surface area (Å²) in [7, 11) is 0. The monoisotopic (exact) mass is 327 g/mol. The van der Waals surface area contributed by atoms with Gasteiger partial charge in [-0.25, -0.2) is 4.79 Å². The minimum absolute atomic E-state index is 0.0652. The molecule has 0 bridgehead atoms. The second kappa shape index (κ2) is 6.91. The Balaban J connectivity index is 1.51. The molecule has 1 aliphatic rings. The van der Waals surface area contributed by atoms with Crippen LogP contribution in [0.25, 0.3) is 0 Å². The van der Waals surface area contributed by atoms with Gasteiger partial charge in [-0.3, -0.25) is 4.79 Å². The minimum Gasteiger partial charge on any atom is -0.478 e. The molecule has 0 aliphatic heterocycles. The smallest absolute Gasteiger partial charge is 0.339 e. The first kappa shape index (κ1) is 16.3. The molecule has 2 N–H and O–H groups in total. The van der Waals surface area contributed by atoms with Gasteiger partial charge in [-0.2, -0.15) is 0 Å². The summed E-state index contributed by atoms with van der Waals surface area (Å²) in [5.74, 6) is 0.0176. The van der Waals surface area contributed by atoms with Crippen LogP contribution in [0.15, 0.2) is 40.8 Å². The molecule has 2 aromatic rings. The lowest BCUT2D eigenvalue weighted by atomic mass is 9.71. The van der Waals surface area contributed by atoms with Gasteiger partial charge in [0.05, 0.1) is 0 Å². The molecule has 0 atom stereocenters. The Morgan fingerprint density at radius 1 is 1.25 bits per heavy atom. The highest BCUT2D eigenvalue weighted by molar-refractivity contribution is 5.96. The molecule has 1 aromatic carbocycles. The molecule has 0 saturated heterocycles. The number of aryl methyl sites for hydroxylation is 1. The summed E-state index contributed by atoms with van der Waals surface area (Å²) in [6.07, 6.45) is 2.56. The number of carbonyl (C=O) groups excluding carboxylic acids is 1. The summed E-state index contributed by atoms with van der Waals surface area (Å²) in [6, 6.07) is 11.7. The molecule has 1 aromatic heterocycles. The van der Waals surface area contributed by atoms with Gasteiger partial charge in [0.1, 0.15) is 11.3 Å². The maximum absolute atomic E-state index is 12.1. The highest BCUT2D eigenvalue weighted by Gasteiger charge is 2.30. The van der Waals surface area contributed by atoms with Crippen LogP contribution in [0.2, 0.25) is 0 Å². The third-order valence-corrected chi connectivity index (χ3v) is 4.64. The summed E-state index contributed by atoms with van der Waals surface area (Å²) < 4.78 is 5.37. The fourth-order valence-corrected chi connectivity index (χ4v) is 3.21. The van der Waals surface area contributed by atoms with Gasteiger partial charge < -0.3 is 14.8 Å². The van der Waals surface area contributed by atoms with Gasteiger partial charge in [0.25, 0.3) is 5.91 Å². The number of carbonyl (C=O) groups is 2. The number of carboxylic acids is 1. The zero-order chi connectivity index (χ0) is 17.1. The Morgan fingerprint density at radius 3 is 2.54 bits per heavy atom. The fraction of sp³-hybridized carbons (Fsp3) is 0.368. The van der Waals surface area contributed by atoms with E-state index in [0.717, 1.165) is 12.8 Å². The Morgan fingerprint density at radius 2 is 1.96 bits per heavy atom. The van der Waals surface area contributed by atoms with E-state index >= 15 is 0 Å². The molecule has 1 saturated carbocycles. The van der Waals surface area contributed by atoms with Crippen LogP contribution in [-0.4, -0.2) is 23.5 Å². The average Bonchev–Trinajstić information content (AvgIpc) is 2.99. The molecule has 3 rings (SSSR count). The van der Waals surface area contributed by atoms with Crippen LogP contribution in [0.1, 0.15) is 57.9 Å². The van der Waals surface area contributed by atoms with Gasteiger partial charge in [0.15, 0.2) is 5.76 Å². The Hall–Kier alpha value is -2.56. The maximum Gasteiger partial charge on any atom is 0.339 e. The number of hydrogen-bond acceptors (Lipinski definition) is 3. The summed E-state index contributed by atoms with van der Waals surface area (Å²) >= 11 is 0. The van der Waals surface area contributed by atoms with Crippen LogP contribution < -0.4 is 5.32 Å². The Labute approximate surface area is 140 Å². The van der Waals surface area contributed by atoms with E-state index in [1.807, 2.05) is 18.2 Å². The first-order chi connectivity index (χ1) is 11.6. The van der Waals surface area contributed by atoms with Crippen molar-refractivity contribution in [2.24, 2.45) is 5.92 Å². The number of nitrogens with one attached hydrogen (secondary N) is 1. The molecule has 1 aliphatic carbocycles. The van der Waals surface area contributed by atoms with Crippen molar-refractivity contribution in [3.05, 3.63) is 59.0 Å². The van der Waals surface area contributed by atoms with Crippen molar-refractivity contribution in [3.63, 3.8) is 0 Å². The normalized spacial score (nSPS) is 19.5. The first-order valence-electron chi connectivity index (χ1n) is 8.27. The van der Waals surface area contributed by atoms with Crippen LogP contribution >= 0.6 is 0 Å². The SMILES string of the molecule is CCc1oc(C(=O)NCC2CC(c3ccccc3)C2)cc1C(=O)O. The second-order valence-electron chi connectivity index (χ2n) is 6.26. The number of furan rings is 1. The molecule has 1 fully saturated rings. The van der Waals surface area contributed by atoms with Gasteiger partial charge in [0, 0.05) is 19.0 Å². The zero-order valence-electron chi connectivity index (χ0n) is 13.6. The van der Waals surface area contributed by atoms with Crippen molar-refractivity contribution < 1.29 is 19.1 Å². The van der Waals surface area contributed by atoms with E-state index in [-0.39, 0.29) is 17.2 Å². The third-order valence-electron chi connectivity index (χ3n) is 4.64. The highest BCUT2D eigenvalue weighted by Crippen LogP contribution is 2.41. The van der Waals surface area contributed by atoms with Crippen LogP contribution in [0.4, 0.5) is 0 Å². The fourth-order valence-electron chi connectivity index (χ4n) is 3.21. The molecule has 24 heavy (non-hydrogen) atoms. The number of carboxylic acid groups (broad SMARTS) is 1. The molecule has 126 valence electrons. The summed E-state index contributed by atoms with van der Waals surface area (Å²) in [6.45, 7) is 2.39. The molecule has 5 heteroatoms. The minimum atomic E-state index is -1.07. The summed E-state index contributed by atoms with van der Waals surface area (Å²) in [5, 5.41) is 12.0. The average molecular weight is 327 g/mol. The Kier molecular flexibility index (Phi) is 4.69. The quantitative estimate of drug-likeness (QED) is 0.851. The van der Waals surface area contributed by atoms with E-state index in [9.17, 15) is 9.59 Å². The molecular formula is C19H21NO4. The van der Waals surface area contributed by atoms with E-state index in [1.165, 1.54) is 11.6 Å².